The highest BCUT2D eigenvalue weighted by molar-refractivity contribution is 5.17. The Bertz CT molecular complexity index is 328. The summed E-state index contributed by atoms with van der Waals surface area (Å²) in [5, 5.41) is 19.3. The fraction of sp³-hybridized carbons (Fsp3) is 0.571. The number of hydrogen-bond acceptors (Lipinski definition) is 3. The van der Waals surface area contributed by atoms with E-state index in [4.69, 9.17) is 0 Å². The van der Waals surface area contributed by atoms with E-state index in [1.165, 1.54) is 0 Å². The normalized spacial score (nSPS) is 23.5. The van der Waals surface area contributed by atoms with Crippen LogP contribution in [0, 0.1) is 5.92 Å². The van der Waals surface area contributed by atoms with Gasteiger partial charge in [-0.3, -0.25) is 0 Å². The van der Waals surface area contributed by atoms with Gasteiger partial charge in [-0.05, 0) is 30.9 Å². The second-order valence-electron chi connectivity index (χ2n) is 4.88. The van der Waals surface area contributed by atoms with Gasteiger partial charge in [0.1, 0.15) is 0 Å². The van der Waals surface area contributed by atoms with Gasteiger partial charge in [0.15, 0.2) is 0 Å². The predicted octanol–water partition coefficient (Wildman–Crippen LogP) is 1.42. The van der Waals surface area contributed by atoms with E-state index in [-0.39, 0.29) is 6.61 Å². The Morgan fingerprint density at radius 2 is 2.06 bits per heavy atom. The van der Waals surface area contributed by atoms with E-state index in [0.29, 0.717) is 12.5 Å². The molecule has 2 N–H and O–H groups in total. The third-order valence-electron chi connectivity index (χ3n) is 3.48. The minimum Gasteiger partial charge on any atom is -0.396 e. The van der Waals surface area contributed by atoms with E-state index in [0.717, 1.165) is 31.5 Å². The largest absolute Gasteiger partial charge is 0.396 e. The van der Waals surface area contributed by atoms with Gasteiger partial charge in [-0.25, -0.2) is 0 Å². The Kier molecular flexibility index (Phi) is 4.54. The molecule has 0 aromatic heterocycles. The number of nitrogens with zero attached hydrogens (tertiary/aromatic N) is 1. The first-order chi connectivity index (χ1) is 8.29. The standard InChI is InChI=1S/C14H21NO2/c16-11-12-5-4-8-15(9-12)10-14(17)13-6-2-1-3-7-13/h1-3,6-7,12,14,16-17H,4-5,8-11H2/t12-,14+/m0/s1. The monoisotopic (exact) mass is 235 g/mol. The topological polar surface area (TPSA) is 43.7 Å². The van der Waals surface area contributed by atoms with Crippen LogP contribution < -0.4 is 0 Å². The summed E-state index contributed by atoms with van der Waals surface area (Å²) in [6, 6.07) is 9.77. The Morgan fingerprint density at radius 3 is 2.76 bits per heavy atom. The zero-order valence-electron chi connectivity index (χ0n) is 10.1. The van der Waals surface area contributed by atoms with Crippen LogP contribution in [0.1, 0.15) is 24.5 Å². The van der Waals surface area contributed by atoms with E-state index in [9.17, 15) is 10.2 Å². The number of aliphatic hydroxyl groups is 2. The van der Waals surface area contributed by atoms with E-state index < -0.39 is 6.10 Å². The molecule has 0 amide bonds. The number of piperidine rings is 1. The van der Waals surface area contributed by atoms with Crippen molar-refractivity contribution in [2.45, 2.75) is 18.9 Å². The minimum absolute atomic E-state index is 0.262. The first-order valence-corrected chi connectivity index (χ1v) is 6.36. The molecule has 0 unspecified atom stereocenters. The van der Waals surface area contributed by atoms with E-state index in [1.807, 2.05) is 30.3 Å². The third-order valence-corrected chi connectivity index (χ3v) is 3.48. The highest BCUT2D eigenvalue weighted by Crippen LogP contribution is 2.19. The Morgan fingerprint density at radius 1 is 1.29 bits per heavy atom. The third kappa shape index (κ3) is 3.53. The summed E-state index contributed by atoms with van der Waals surface area (Å²) in [6.45, 7) is 2.86. The summed E-state index contributed by atoms with van der Waals surface area (Å²) >= 11 is 0. The molecular formula is C14H21NO2. The van der Waals surface area contributed by atoms with Gasteiger partial charge < -0.3 is 15.1 Å². The SMILES string of the molecule is OC[C@H]1CCCN(C[C@@H](O)c2ccccc2)C1. The number of rotatable bonds is 4. The fourth-order valence-corrected chi connectivity index (χ4v) is 2.49. The lowest BCUT2D eigenvalue weighted by atomic mass is 9.98. The molecule has 1 heterocycles. The Hall–Kier alpha value is -0.900. The van der Waals surface area contributed by atoms with E-state index in [2.05, 4.69) is 4.90 Å². The van der Waals surface area contributed by atoms with Gasteiger partial charge in [0.25, 0.3) is 0 Å². The molecule has 3 heteroatoms. The average Bonchev–Trinajstić information content (AvgIpc) is 2.40. The molecule has 1 fully saturated rings. The van der Waals surface area contributed by atoms with Crippen molar-refractivity contribution in [3.8, 4) is 0 Å². The zero-order chi connectivity index (χ0) is 12.1. The van der Waals surface area contributed by atoms with Crippen molar-refractivity contribution >= 4 is 0 Å². The summed E-state index contributed by atoms with van der Waals surface area (Å²) in [6.07, 6.45) is 1.80. The first-order valence-electron chi connectivity index (χ1n) is 6.36. The van der Waals surface area contributed by atoms with Crippen LogP contribution in [0.15, 0.2) is 30.3 Å². The maximum atomic E-state index is 10.1. The second kappa shape index (κ2) is 6.15. The molecular weight excluding hydrogens is 214 g/mol. The number of hydrogen-bond donors (Lipinski definition) is 2. The molecule has 17 heavy (non-hydrogen) atoms. The van der Waals surface area contributed by atoms with Crippen molar-refractivity contribution in [1.29, 1.82) is 0 Å². The summed E-state index contributed by atoms with van der Waals surface area (Å²) in [7, 11) is 0. The van der Waals surface area contributed by atoms with Crippen molar-refractivity contribution < 1.29 is 10.2 Å². The molecule has 94 valence electrons. The van der Waals surface area contributed by atoms with Crippen molar-refractivity contribution in [1.82, 2.24) is 4.90 Å². The van der Waals surface area contributed by atoms with Crippen molar-refractivity contribution in [2.75, 3.05) is 26.2 Å². The van der Waals surface area contributed by atoms with Gasteiger partial charge in [-0.2, -0.15) is 0 Å². The zero-order valence-corrected chi connectivity index (χ0v) is 10.1. The van der Waals surface area contributed by atoms with Gasteiger partial charge in [-0.1, -0.05) is 30.3 Å². The predicted molar refractivity (Wildman–Crippen MR) is 67.7 cm³/mol. The van der Waals surface area contributed by atoms with Crippen molar-refractivity contribution in [3.05, 3.63) is 35.9 Å². The van der Waals surface area contributed by atoms with Gasteiger partial charge in [0.2, 0.25) is 0 Å². The van der Waals surface area contributed by atoms with Gasteiger partial charge in [0, 0.05) is 19.7 Å². The molecule has 0 saturated carbocycles. The first kappa shape index (κ1) is 12.6. The van der Waals surface area contributed by atoms with E-state index in [1.54, 1.807) is 0 Å². The molecule has 1 aromatic carbocycles. The molecule has 1 saturated heterocycles. The molecule has 1 aromatic rings. The highest BCUT2D eigenvalue weighted by atomic mass is 16.3. The maximum Gasteiger partial charge on any atom is 0.0916 e. The smallest absolute Gasteiger partial charge is 0.0916 e. The van der Waals surface area contributed by atoms with Crippen LogP contribution in [0.25, 0.3) is 0 Å². The van der Waals surface area contributed by atoms with Gasteiger partial charge in [0.05, 0.1) is 6.10 Å². The Labute approximate surface area is 103 Å². The number of β-amino-alcohol motifs (C(OH)–C–C–N with tert-alkyl or cyclic N) is 1. The maximum absolute atomic E-state index is 10.1. The van der Waals surface area contributed by atoms with Gasteiger partial charge in [-0.15, -0.1) is 0 Å². The highest BCUT2D eigenvalue weighted by Gasteiger charge is 2.21. The molecule has 2 rings (SSSR count). The molecule has 0 radical (unpaired) electrons. The van der Waals surface area contributed by atoms with Crippen LogP contribution in [0.3, 0.4) is 0 Å². The quantitative estimate of drug-likeness (QED) is 0.829. The number of benzene rings is 1. The lowest BCUT2D eigenvalue weighted by Gasteiger charge is -2.33. The molecule has 0 spiro atoms. The molecule has 1 aliphatic rings. The summed E-state index contributed by atoms with van der Waals surface area (Å²) in [4.78, 5) is 2.25. The van der Waals surface area contributed by atoms with Gasteiger partial charge >= 0.3 is 0 Å². The van der Waals surface area contributed by atoms with Crippen LogP contribution >= 0.6 is 0 Å². The molecule has 0 bridgehead atoms. The molecule has 0 aliphatic carbocycles. The fourth-order valence-electron chi connectivity index (χ4n) is 2.49. The molecule has 1 aliphatic heterocycles. The Balaban J connectivity index is 1.88. The van der Waals surface area contributed by atoms with E-state index >= 15 is 0 Å². The summed E-state index contributed by atoms with van der Waals surface area (Å²) in [5.41, 5.74) is 0.971. The summed E-state index contributed by atoms with van der Waals surface area (Å²) in [5.74, 6) is 0.381. The van der Waals surface area contributed by atoms with Crippen molar-refractivity contribution in [2.24, 2.45) is 5.92 Å². The average molecular weight is 235 g/mol. The van der Waals surface area contributed by atoms with Crippen LogP contribution in [0.5, 0.6) is 0 Å². The summed E-state index contributed by atoms with van der Waals surface area (Å²) < 4.78 is 0. The minimum atomic E-state index is -0.423. The number of likely N-dealkylation sites (tertiary alicyclic amines) is 1. The lowest BCUT2D eigenvalue weighted by molar-refractivity contribution is 0.0678. The molecule has 2 atom stereocenters. The second-order valence-corrected chi connectivity index (χ2v) is 4.88. The van der Waals surface area contributed by atoms with Crippen molar-refractivity contribution in [3.63, 3.8) is 0 Å². The molecule has 3 nitrogen and oxygen atoms in total. The van der Waals surface area contributed by atoms with Crippen LogP contribution in [-0.4, -0.2) is 41.4 Å². The number of aliphatic hydroxyl groups excluding tert-OH is 2. The lowest BCUT2D eigenvalue weighted by Crippen LogP contribution is -2.39. The van der Waals surface area contributed by atoms with Crippen LogP contribution in [0.2, 0.25) is 0 Å². The van der Waals surface area contributed by atoms with Crippen LogP contribution in [-0.2, 0) is 0 Å². The van der Waals surface area contributed by atoms with Crippen LogP contribution in [0.4, 0.5) is 0 Å².